The molecule has 0 fully saturated rings. The summed E-state index contributed by atoms with van der Waals surface area (Å²) in [5, 5.41) is 16.1. The molecular weight excluding hydrogens is 324 g/mol. The molecule has 0 aliphatic rings. The van der Waals surface area contributed by atoms with E-state index in [2.05, 4.69) is 42.5 Å². The Bertz CT molecular complexity index is 962. The highest BCUT2D eigenvalue weighted by Crippen LogP contribution is 2.24. The van der Waals surface area contributed by atoms with Crippen LogP contribution in [-0.4, -0.2) is 40.7 Å². The number of aromatic amines is 1. The molecule has 0 amide bonds. The number of anilines is 2. The van der Waals surface area contributed by atoms with Crippen LogP contribution in [0.5, 0.6) is 0 Å². The van der Waals surface area contributed by atoms with Gasteiger partial charge in [0, 0.05) is 0 Å². The van der Waals surface area contributed by atoms with Gasteiger partial charge >= 0.3 is 0 Å². The van der Waals surface area contributed by atoms with Gasteiger partial charge in [0.2, 0.25) is 11.1 Å². The van der Waals surface area contributed by atoms with Gasteiger partial charge in [0.25, 0.3) is 0 Å². The van der Waals surface area contributed by atoms with Crippen molar-refractivity contribution >= 4 is 34.6 Å². The van der Waals surface area contributed by atoms with E-state index in [0.717, 1.165) is 22.5 Å². The summed E-state index contributed by atoms with van der Waals surface area (Å²) in [4.78, 5) is 13.0. The van der Waals surface area contributed by atoms with E-state index in [1.165, 1.54) is 6.33 Å². The van der Waals surface area contributed by atoms with Gasteiger partial charge in [-0.1, -0.05) is 36.9 Å². The molecule has 9 heteroatoms. The van der Waals surface area contributed by atoms with E-state index in [4.69, 9.17) is 0 Å². The van der Waals surface area contributed by atoms with E-state index in [0.29, 0.717) is 16.9 Å². The van der Waals surface area contributed by atoms with E-state index < -0.39 is 0 Å². The van der Waals surface area contributed by atoms with Crippen LogP contribution in [0.1, 0.15) is 6.92 Å². The SMILES string of the molecule is CCSc1n[nH]c(Nc2ncnc3c2cnn3-c2ccccc2)n1. The van der Waals surface area contributed by atoms with Crippen molar-refractivity contribution in [2.45, 2.75) is 12.1 Å². The van der Waals surface area contributed by atoms with Crippen LogP contribution in [0.4, 0.5) is 11.8 Å². The third-order valence-electron chi connectivity index (χ3n) is 3.34. The first kappa shape index (κ1) is 14.6. The predicted molar refractivity (Wildman–Crippen MR) is 92.7 cm³/mol. The van der Waals surface area contributed by atoms with Crippen LogP contribution in [0.15, 0.2) is 48.0 Å². The molecule has 3 heterocycles. The summed E-state index contributed by atoms with van der Waals surface area (Å²) >= 11 is 1.57. The molecule has 4 rings (SSSR count). The zero-order chi connectivity index (χ0) is 16.4. The van der Waals surface area contributed by atoms with Gasteiger partial charge in [0.1, 0.15) is 12.1 Å². The summed E-state index contributed by atoms with van der Waals surface area (Å²) in [5.74, 6) is 2.09. The Hall–Kier alpha value is -2.94. The van der Waals surface area contributed by atoms with Crippen molar-refractivity contribution in [3.8, 4) is 5.69 Å². The molecule has 0 atom stereocenters. The molecule has 0 radical (unpaired) electrons. The van der Waals surface area contributed by atoms with Crippen LogP contribution in [-0.2, 0) is 0 Å². The molecule has 1 aromatic carbocycles. The molecular formula is C15H14N8S. The summed E-state index contributed by atoms with van der Waals surface area (Å²) in [6.45, 7) is 2.06. The van der Waals surface area contributed by atoms with Gasteiger partial charge in [-0.25, -0.2) is 19.7 Å². The second-order valence-corrected chi connectivity index (χ2v) is 6.11. The first-order chi connectivity index (χ1) is 11.8. The fraction of sp³-hybridized carbons (Fsp3) is 0.133. The van der Waals surface area contributed by atoms with Crippen LogP contribution in [0.25, 0.3) is 16.7 Å². The second-order valence-electron chi connectivity index (χ2n) is 4.88. The molecule has 4 aromatic rings. The highest BCUT2D eigenvalue weighted by molar-refractivity contribution is 7.99. The number of rotatable bonds is 5. The molecule has 120 valence electrons. The van der Waals surface area contributed by atoms with Crippen LogP contribution < -0.4 is 5.32 Å². The Morgan fingerprint density at radius 3 is 2.92 bits per heavy atom. The zero-order valence-corrected chi connectivity index (χ0v) is 13.7. The van der Waals surface area contributed by atoms with Crippen molar-refractivity contribution in [2.24, 2.45) is 0 Å². The fourth-order valence-corrected chi connectivity index (χ4v) is 2.83. The van der Waals surface area contributed by atoms with Crippen LogP contribution in [0.3, 0.4) is 0 Å². The molecule has 0 saturated carbocycles. The third kappa shape index (κ3) is 2.69. The Morgan fingerprint density at radius 1 is 1.21 bits per heavy atom. The Kier molecular flexibility index (Phi) is 3.83. The van der Waals surface area contributed by atoms with Gasteiger partial charge in [-0.15, -0.1) is 5.10 Å². The summed E-state index contributed by atoms with van der Waals surface area (Å²) in [5.41, 5.74) is 1.67. The lowest BCUT2D eigenvalue weighted by atomic mass is 10.3. The number of thioether (sulfide) groups is 1. The van der Waals surface area contributed by atoms with Crippen molar-refractivity contribution in [3.63, 3.8) is 0 Å². The number of hydrogen-bond acceptors (Lipinski definition) is 7. The van der Waals surface area contributed by atoms with Crippen molar-refractivity contribution < 1.29 is 0 Å². The quantitative estimate of drug-likeness (QED) is 0.540. The lowest BCUT2D eigenvalue weighted by Gasteiger charge is -2.04. The number of fused-ring (bicyclic) bond motifs is 1. The predicted octanol–water partition coefficient (Wildman–Crippen LogP) is 2.79. The van der Waals surface area contributed by atoms with Gasteiger partial charge in [-0.05, 0) is 17.9 Å². The molecule has 0 aliphatic carbocycles. The number of benzene rings is 1. The monoisotopic (exact) mass is 338 g/mol. The van der Waals surface area contributed by atoms with Crippen molar-refractivity contribution in [1.29, 1.82) is 0 Å². The molecule has 8 nitrogen and oxygen atoms in total. The summed E-state index contributed by atoms with van der Waals surface area (Å²) in [7, 11) is 0. The van der Waals surface area contributed by atoms with Gasteiger partial charge in [0.05, 0.1) is 17.3 Å². The second kappa shape index (κ2) is 6.28. The molecule has 3 aromatic heterocycles. The molecule has 0 aliphatic heterocycles. The van der Waals surface area contributed by atoms with Crippen LogP contribution >= 0.6 is 11.8 Å². The molecule has 2 N–H and O–H groups in total. The molecule has 0 unspecified atom stereocenters. The molecule has 0 spiro atoms. The topological polar surface area (TPSA) is 97.2 Å². The maximum atomic E-state index is 4.43. The number of nitrogens with zero attached hydrogens (tertiary/aromatic N) is 6. The standard InChI is InChI=1S/C15H14N8S/c1-2-24-15-20-14(21-22-15)19-12-11-8-18-23(13(11)17-9-16-12)10-6-4-3-5-7-10/h3-9H,2H2,1H3,(H2,16,17,19,20,21,22). The highest BCUT2D eigenvalue weighted by atomic mass is 32.2. The first-order valence-corrected chi connectivity index (χ1v) is 8.40. The number of para-hydroxylation sites is 1. The fourth-order valence-electron chi connectivity index (χ4n) is 2.31. The number of hydrogen-bond donors (Lipinski definition) is 2. The van der Waals surface area contributed by atoms with Gasteiger partial charge in [-0.3, -0.25) is 0 Å². The van der Waals surface area contributed by atoms with Crippen molar-refractivity contribution in [3.05, 3.63) is 42.9 Å². The average molecular weight is 338 g/mol. The molecule has 0 bridgehead atoms. The van der Waals surface area contributed by atoms with E-state index in [9.17, 15) is 0 Å². The van der Waals surface area contributed by atoms with Gasteiger partial charge in [0.15, 0.2) is 5.65 Å². The number of H-pyrrole nitrogens is 1. The lowest BCUT2D eigenvalue weighted by molar-refractivity contribution is 0.895. The summed E-state index contributed by atoms with van der Waals surface area (Å²) in [6, 6.07) is 9.85. The van der Waals surface area contributed by atoms with Crippen molar-refractivity contribution in [1.82, 2.24) is 34.9 Å². The molecule has 24 heavy (non-hydrogen) atoms. The third-order valence-corrected chi connectivity index (χ3v) is 4.07. The molecule has 0 saturated heterocycles. The number of aromatic nitrogens is 7. The van der Waals surface area contributed by atoms with E-state index in [1.54, 1.807) is 22.6 Å². The Labute approximate surface area is 141 Å². The van der Waals surface area contributed by atoms with Crippen LogP contribution in [0, 0.1) is 0 Å². The van der Waals surface area contributed by atoms with Gasteiger partial charge in [-0.2, -0.15) is 10.1 Å². The summed E-state index contributed by atoms with van der Waals surface area (Å²) < 4.78 is 1.78. The van der Waals surface area contributed by atoms with E-state index in [1.807, 2.05) is 30.3 Å². The summed E-state index contributed by atoms with van der Waals surface area (Å²) in [6.07, 6.45) is 3.24. The minimum atomic E-state index is 0.540. The zero-order valence-electron chi connectivity index (χ0n) is 12.8. The minimum absolute atomic E-state index is 0.540. The normalized spacial score (nSPS) is 11.0. The minimum Gasteiger partial charge on any atom is -0.308 e. The van der Waals surface area contributed by atoms with Gasteiger partial charge < -0.3 is 5.32 Å². The van der Waals surface area contributed by atoms with E-state index in [-0.39, 0.29) is 0 Å². The van der Waals surface area contributed by atoms with E-state index >= 15 is 0 Å². The van der Waals surface area contributed by atoms with Crippen molar-refractivity contribution in [2.75, 3.05) is 11.1 Å². The smallest absolute Gasteiger partial charge is 0.225 e. The highest BCUT2D eigenvalue weighted by Gasteiger charge is 2.12. The Morgan fingerprint density at radius 2 is 2.08 bits per heavy atom. The maximum absolute atomic E-state index is 4.43. The Balaban J connectivity index is 1.70. The largest absolute Gasteiger partial charge is 0.308 e. The lowest BCUT2D eigenvalue weighted by Crippen LogP contribution is -2.00. The maximum Gasteiger partial charge on any atom is 0.225 e. The first-order valence-electron chi connectivity index (χ1n) is 7.41. The van der Waals surface area contributed by atoms with Crippen LogP contribution in [0.2, 0.25) is 0 Å². The number of nitrogens with one attached hydrogen (secondary N) is 2. The average Bonchev–Trinajstić information content (AvgIpc) is 3.24.